The Morgan fingerprint density at radius 2 is 1.76 bits per heavy atom. The van der Waals surface area contributed by atoms with Crippen molar-refractivity contribution in [3.8, 4) is 5.75 Å². The highest BCUT2D eigenvalue weighted by Gasteiger charge is 2.24. The van der Waals surface area contributed by atoms with Gasteiger partial charge in [-0.15, -0.1) is 0 Å². The Balaban J connectivity index is 2.12. The molecule has 1 aromatic heterocycles. The van der Waals surface area contributed by atoms with Gasteiger partial charge in [0.05, 0.1) is 16.6 Å². The molecule has 156 valence electrons. The van der Waals surface area contributed by atoms with Crippen LogP contribution in [-0.2, 0) is 10.0 Å². The van der Waals surface area contributed by atoms with E-state index < -0.39 is 10.0 Å². The molecule has 0 aliphatic rings. The van der Waals surface area contributed by atoms with Gasteiger partial charge in [-0.1, -0.05) is 41.9 Å². The van der Waals surface area contributed by atoms with Gasteiger partial charge in [-0.2, -0.15) is 0 Å². The molecule has 0 N–H and O–H groups in total. The minimum absolute atomic E-state index is 0.244. The van der Waals surface area contributed by atoms with Crippen LogP contribution in [0.3, 0.4) is 0 Å². The second-order valence-corrected chi connectivity index (χ2v) is 11.0. The molecule has 5 nitrogen and oxygen atoms in total. The van der Waals surface area contributed by atoms with E-state index in [0.717, 1.165) is 22.0 Å². The van der Waals surface area contributed by atoms with Crippen LogP contribution in [0, 0.1) is 0 Å². The highest BCUT2D eigenvalue weighted by atomic mass is 79.9. The summed E-state index contributed by atoms with van der Waals surface area (Å²) in [6.07, 6.45) is 1.56. The van der Waals surface area contributed by atoms with Crippen molar-refractivity contribution in [1.29, 1.82) is 0 Å². The molecule has 0 bridgehead atoms. The number of rotatable bonds is 7. The first-order valence-corrected chi connectivity index (χ1v) is 12.3. The molecule has 0 radical (unpaired) electrons. The lowest BCUT2D eigenvalue weighted by Gasteiger charge is -2.10. The molecule has 0 saturated heterocycles. The first kappa shape index (κ1) is 22.3. The number of ether oxygens (including phenoxy) is 1. The average Bonchev–Trinajstić information content (AvgIpc) is 3.01. The standard InChI is InChI=1S/C21H24Br2N2O3S/c1-14(2)15-5-7-17(8-6-15)29(26,27)25-13-20(28-10-9-24(3)4)18-11-16(22)12-19(23)21(18)25/h5-8,11-14H,9-10H2,1-4H3. The molecule has 0 aliphatic heterocycles. The summed E-state index contributed by atoms with van der Waals surface area (Å²) in [5.74, 6) is 0.869. The van der Waals surface area contributed by atoms with E-state index in [2.05, 4.69) is 45.7 Å². The van der Waals surface area contributed by atoms with Crippen molar-refractivity contribution in [2.24, 2.45) is 0 Å². The molecular formula is C21H24Br2N2O3S. The SMILES string of the molecule is CC(C)c1ccc(S(=O)(=O)n2cc(OCCN(C)C)c3cc(Br)cc(Br)c32)cc1. The fourth-order valence-corrected chi connectivity index (χ4v) is 5.91. The quantitative estimate of drug-likeness (QED) is 0.396. The van der Waals surface area contributed by atoms with Crippen molar-refractivity contribution in [2.75, 3.05) is 27.2 Å². The summed E-state index contributed by atoms with van der Waals surface area (Å²) in [5.41, 5.74) is 1.65. The molecule has 0 amide bonds. The van der Waals surface area contributed by atoms with E-state index in [9.17, 15) is 8.42 Å². The number of hydrogen-bond acceptors (Lipinski definition) is 4. The van der Waals surface area contributed by atoms with E-state index in [-0.39, 0.29) is 4.90 Å². The van der Waals surface area contributed by atoms with Crippen molar-refractivity contribution in [1.82, 2.24) is 8.87 Å². The molecule has 3 rings (SSSR count). The third-order valence-electron chi connectivity index (χ3n) is 4.65. The number of hydrogen-bond donors (Lipinski definition) is 0. The summed E-state index contributed by atoms with van der Waals surface area (Å²) in [6, 6.07) is 10.8. The zero-order valence-corrected chi connectivity index (χ0v) is 20.8. The van der Waals surface area contributed by atoms with Crippen LogP contribution in [0.5, 0.6) is 5.75 Å². The maximum absolute atomic E-state index is 13.4. The van der Waals surface area contributed by atoms with Crippen LogP contribution in [0.25, 0.3) is 10.9 Å². The molecule has 29 heavy (non-hydrogen) atoms. The van der Waals surface area contributed by atoms with Gasteiger partial charge in [-0.25, -0.2) is 12.4 Å². The Morgan fingerprint density at radius 1 is 1.10 bits per heavy atom. The second kappa shape index (κ2) is 8.79. The molecule has 2 aromatic carbocycles. The van der Waals surface area contributed by atoms with Crippen molar-refractivity contribution in [3.05, 3.63) is 57.1 Å². The Bertz CT molecular complexity index is 1120. The fraction of sp³-hybridized carbons (Fsp3) is 0.333. The molecule has 3 aromatic rings. The van der Waals surface area contributed by atoms with Gasteiger partial charge < -0.3 is 9.64 Å². The number of likely N-dealkylation sites (N-methyl/N-ethyl adjacent to an activating group) is 1. The summed E-state index contributed by atoms with van der Waals surface area (Å²) in [5, 5.41) is 0.729. The van der Waals surface area contributed by atoms with Crippen molar-refractivity contribution >= 4 is 52.8 Å². The molecule has 0 aliphatic carbocycles. The first-order chi connectivity index (χ1) is 13.6. The van der Waals surface area contributed by atoms with Gasteiger partial charge in [0.25, 0.3) is 10.0 Å². The van der Waals surface area contributed by atoms with E-state index >= 15 is 0 Å². The van der Waals surface area contributed by atoms with Gasteiger partial charge in [0.1, 0.15) is 12.4 Å². The van der Waals surface area contributed by atoms with Crippen LogP contribution in [0.4, 0.5) is 0 Å². The molecule has 0 fully saturated rings. The van der Waals surface area contributed by atoms with Crippen LogP contribution in [0.15, 0.2) is 56.4 Å². The molecule has 0 unspecified atom stereocenters. The zero-order valence-electron chi connectivity index (χ0n) is 16.8. The number of fused-ring (bicyclic) bond motifs is 1. The predicted octanol–water partition coefficient (Wildman–Crippen LogP) is 5.47. The van der Waals surface area contributed by atoms with Gasteiger partial charge >= 0.3 is 0 Å². The van der Waals surface area contributed by atoms with Crippen LogP contribution in [0.2, 0.25) is 0 Å². The number of aromatic nitrogens is 1. The number of benzene rings is 2. The van der Waals surface area contributed by atoms with E-state index in [0.29, 0.717) is 28.3 Å². The number of nitrogens with zero attached hydrogens (tertiary/aromatic N) is 2. The van der Waals surface area contributed by atoms with Crippen molar-refractivity contribution < 1.29 is 13.2 Å². The molecule has 0 spiro atoms. The van der Waals surface area contributed by atoms with Crippen LogP contribution in [0.1, 0.15) is 25.3 Å². The minimum atomic E-state index is -3.78. The van der Waals surface area contributed by atoms with Gasteiger partial charge in [0.15, 0.2) is 0 Å². The Kier molecular flexibility index (Phi) is 6.77. The topological polar surface area (TPSA) is 51.5 Å². The van der Waals surface area contributed by atoms with E-state index in [1.807, 2.05) is 43.3 Å². The van der Waals surface area contributed by atoms with Gasteiger partial charge in [-0.3, -0.25) is 0 Å². The summed E-state index contributed by atoms with van der Waals surface area (Å²) in [7, 11) is 0.144. The third kappa shape index (κ3) is 4.71. The van der Waals surface area contributed by atoms with Crippen molar-refractivity contribution in [2.45, 2.75) is 24.7 Å². The Morgan fingerprint density at radius 3 is 2.34 bits per heavy atom. The lowest BCUT2D eigenvalue weighted by atomic mass is 10.0. The fourth-order valence-electron chi connectivity index (χ4n) is 3.00. The highest BCUT2D eigenvalue weighted by Crippen LogP contribution is 2.38. The maximum atomic E-state index is 13.4. The second-order valence-electron chi connectivity index (χ2n) is 7.45. The molecule has 8 heteroatoms. The molecular weight excluding hydrogens is 520 g/mol. The monoisotopic (exact) mass is 542 g/mol. The molecule has 1 heterocycles. The van der Waals surface area contributed by atoms with Crippen molar-refractivity contribution in [3.63, 3.8) is 0 Å². The Hall–Kier alpha value is -1.35. The highest BCUT2D eigenvalue weighted by molar-refractivity contribution is 9.11. The summed E-state index contributed by atoms with van der Waals surface area (Å²) in [4.78, 5) is 2.26. The number of halogens is 2. The normalized spacial score (nSPS) is 12.3. The first-order valence-electron chi connectivity index (χ1n) is 9.24. The zero-order chi connectivity index (χ0) is 21.3. The van der Waals surface area contributed by atoms with Crippen LogP contribution in [-0.4, -0.2) is 44.5 Å². The Labute approximate surface area is 189 Å². The van der Waals surface area contributed by atoms with Gasteiger partial charge in [0.2, 0.25) is 0 Å². The third-order valence-corrected chi connectivity index (χ3v) is 7.38. The van der Waals surface area contributed by atoms with Crippen LogP contribution >= 0.6 is 31.9 Å². The summed E-state index contributed by atoms with van der Waals surface area (Å²) < 4.78 is 35.6. The van der Waals surface area contributed by atoms with E-state index in [1.165, 1.54) is 3.97 Å². The summed E-state index contributed by atoms with van der Waals surface area (Å²) in [6.45, 7) is 5.34. The lowest BCUT2D eigenvalue weighted by molar-refractivity contribution is 0.263. The predicted molar refractivity (Wildman–Crippen MR) is 125 cm³/mol. The average molecular weight is 544 g/mol. The van der Waals surface area contributed by atoms with E-state index in [1.54, 1.807) is 18.3 Å². The lowest BCUT2D eigenvalue weighted by Crippen LogP contribution is -2.19. The molecule has 0 saturated carbocycles. The largest absolute Gasteiger partial charge is 0.490 e. The van der Waals surface area contributed by atoms with Crippen LogP contribution < -0.4 is 4.74 Å². The maximum Gasteiger partial charge on any atom is 0.268 e. The molecule has 0 atom stereocenters. The van der Waals surface area contributed by atoms with Gasteiger partial charge in [-0.05, 0) is 65.8 Å². The van der Waals surface area contributed by atoms with E-state index in [4.69, 9.17) is 4.74 Å². The summed E-state index contributed by atoms with van der Waals surface area (Å²) >= 11 is 7.00. The minimum Gasteiger partial charge on any atom is -0.490 e. The smallest absolute Gasteiger partial charge is 0.268 e. The van der Waals surface area contributed by atoms with Gasteiger partial charge in [0, 0.05) is 20.9 Å².